The number of carbonyl (C=O) groups is 9. The van der Waals surface area contributed by atoms with Crippen molar-refractivity contribution >= 4 is 53.3 Å². The maximum Gasteiger partial charge on any atom is 0.407 e. The Hall–Kier alpha value is -7.15. The van der Waals surface area contributed by atoms with Crippen LogP contribution in [0.3, 0.4) is 0 Å². The van der Waals surface area contributed by atoms with Crippen molar-refractivity contribution in [2.75, 3.05) is 26.2 Å². The number of likely N-dealkylation sites (tertiary alicyclic amines) is 1. The molecule has 3 aromatic carbocycles. The van der Waals surface area contributed by atoms with Gasteiger partial charge in [0, 0.05) is 25.1 Å². The number of ketones is 1. The first kappa shape index (κ1) is 50.5. The third-order valence-electron chi connectivity index (χ3n) is 10.2. The van der Waals surface area contributed by atoms with Crippen LogP contribution >= 0.6 is 0 Å². The van der Waals surface area contributed by atoms with Crippen molar-refractivity contribution in [1.29, 1.82) is 0 Å². The van der Waals surface area contributed by atoms with Crippen molar-refractivity contribution in [3.05, 3.63) is 107 Å². The van der Waals surface area contributed by atoms with Crippen LogP contribution in [0.1, 0.15) is 90.8 Å². The van der Waals surface area contributed by atoms with Crippen LogP contribution in [0, 0.1) is 5.92 Å². The Balaban J connectivity index is 1.49. The van der Waals surface area contributed by atoms with E-state index in [1.54, 1.807) is 37.3 Å². The molecular formula is C46H57N7O12. The summed E-state index contributed by atoms with van der Waals surface area (Å²) in [6, 6.07) is 17.8. The van der Waals surface area contributed by atoms with E-state index in [0.29, 0.717) is 12.0 Å². The average molecular weight is 900 g/mol. The van der Waals surface area contributed by atoms with Gasteiger partial charge in [0.1, 0.15) is 18.1 Å². The highest BCUT2D eigenvalue weighted by Gasteiger charge is 2.44. The van der Waals surface area contributed by atoms with Gasteiger partial charge in [0.05, 0.1) is 37.5 Å². The van der Waals surface area contributed by atoms with Crippen LogP contribution < -0.4 is 32.3 Å². The van der Waals surface area contributed by atoms with Gasteiger partial charge in [0.2, 0.25) is 29.4 Å². The molecule has 0 aromatic heterocycles. The van der Waals surface area contributed by atoms with Gasteiger partial charge in [-0.15, -0.1) is 0 Å². The molecule has 1 aliphatic rings. The third kappa shape index (κ3) is 15.9. The van der Waals surface area contributed by atoms with E-state index in [2.05, 4.69) is 26.6 Å². The molecule has 1 aliphatic heterocycles. The molecule has 65 heavy (non-hydrogen) atoms. The minimum Gasteiger partial charge on any atom is -0.478 e. The summed E-state index contributed by atoms with van der Waals surface area (Å²) in [7, 11) is 0. The number of aromatic carboxylic acids is 1. The molecule has 0 spiro atoms. The van der Waals surface area contributed by atoms with Crippen molar-refractivity contribution in [2.24, 2.45) is 11.7 Å². The second kappa shape index (κ2) is 25.2. The lowest BCUT2D eigenvalue weighted by Gasteiger charge is -2.29. The molecule has 0 saturated carbocycles. The molecule has 19 heteroatoms. The number of Topliss-reactive ketones (excluding diaryl/α,β-unsaturated/α-hetero) is 1. The summed E-state index contributed by atoms with van der Waals surface area (Å²) >= 11 is 0. The fraction of sp³-hybridized carbons (Fsp3) is 0.413. The molecule has 0 aliphatic carbocycles. The largest absolute Gasteiger partial charge is 0.478 e. The minimum atomic E-state index is -1.36. The predicted molar refractivity (Wildman–Crippen MR) is 235 cm³/mol. The number of carboxylic acids is 1. The van der Waals surface area contributed by atoms with Gasteiger partial charge in [0.25, 0.3) is 11.8 Å². The Morgan fingerprint density at radius 2 is 1.49 bits per heavy atom. The maximum absolute atomic E-state index is 14.5. The molecule has 348 valence electrons. The molecule has 1 saturated heterocycles. The van der Waals surface area contributed by atoms with E-state index < -0.39 is 90.1 Å². The molecule has 5 atom stereocenters. The van der Waals surface area contributed by atoms with Crippen LogP contribution in [-0.4, -0.2) is 114 Å². The van der Waals surface area contributed by atoms with E-state index in [0.717, 1.165) is 5.56 Å². The summed E-state index contributed by atoms with van der Waals surface area (Å²) < 4.78 is 11.5. The molecule has 1 fully saturated rings. The SMILES string of the molecule is CCCC(NC(=O)C1CC(OCc2ccccc2)CN1C(=O)C(CCCNC(=O)c1cccc(C(=O)O)c1)NC(=O)OCC(C)C)C(=O)C(=O)NCC(=O)NC(C(N)=O)c1ccccc1. The Morgan fingerprint density at radius 3 is 2.14 bits per heavy atom. The average Bonchev–Trinajstić information content (AvgIpc) is 3.74. The van der Waals surface area contributed by atoms with Crippen LogP contribution in [0.4, 0.5) is 4.79 Å². The molecular weight excluding hydrogens is 843 g/mol. The van der Waals surface area contributed by atoms with Crippen molar-refractivity contribution < 1.29 is 57.7 Å². The maximum atomic E-state index is 14.5. The number of rotatable bonds is 24. The lowest BCUT2D eigenvalue weighted by atomic mass is 10.0. The first-order valence-electron chi connectivity index (χ1n) is 21.3. The smallest absolute Gasteiger partial charge is 0.407 e. The Morgan fingerprint density at radius 1 is 0.815 bits per heavy atom. The highest BCUT2D eigenvalue weighted by atomic mass is 16.5. The van der Waals surface area contributed by atoms with Crippen LogP contribution in [0.25, 0.3) is 0 Å². The molecule has 0 radical (unpaired) electrons. The van der Waals surface area contributed by atoms with E-state index >= 15 is 0 Å². The van der Waals surface area contributed by atoms with Gasteiger partial charge >= 0.3 is 12.1 Å². The molecule has 7 amide bonds. The second-order valence-electron chi connectivity index (χ2n) is 15.8. The summed E-state index contributed by atoms with van der Waals surface area (Å²) in [6.45, 7) is 4.85. The van der Waals surface area contributed by atoms with Gasteiger partial charge in [-0.2, -0.15) is 0 Å². The monoisotopic (exact) mass is 899 g/mol. The van der Waals surface area contributed by atoms with Crippen LogP contribution in [0.15, 0.2) is 84.9 Å². The summed E-state index contributed by atoms with van der Waals surface area (Å²) in [4.78, 5) is 119. The Labute approximate surface area is 376 Å². The minimum absolute atomic E-state index is 0.0117. The number of hydrogen-bond acceptors (Lipinski definition) is 11. The predicted octanol–water partition coefficient (Wildman–Crippen LogP) is 2.14. The first-order chi connectivity index (χ1) is 31.1. The number of carboxylic acid groups (broad SMARTS) is 1. The van der Waals surface area contributed by atoms with Gasteiger partial charge in [-0.3, -0.25) is 33.6 Å². The quantitative estimate of drug-likeness (QED) is 0.0503. The summed E-state index contributed by atoms with van der Waals surface area (Å²) in [5, 5.41) is 21.9. The number of amides is 7. The number of benzene rings is 3. The van der Waals surface area contributed by atoms with Crippen LogP contribution in [0.2, 0.25) is 0 Å². The summed E-state index contributed by atoms with van der Waals surface area (Å²) in [5.41, 5.74) is 6.76. The van der Waals surface area contributed by atoms with Gasteiger partial charge in [-0.1, -0.05) is 93.9 Å². The lowest BCUT2D eigenvalue weighted by molar-refractivity contribution is -0.143. The molecule has 4 rings (SSSR count). The highest BCUT2D eigenvalue weighted by Crippen LogP contribution is 2.24. The van der Waals surface area contributed by atoms with E-state index in [4.69, 9.17) is 15.2 Å². The zero-order chi connectivity index (χ0) is 47.5. The van der Waals surface area contributed by atoms with Crippen LogP contribution in [-0.2, 0) is 44.8 Å². The number of nitrogens with two attached hydrogens (primary N) is 1. The number of alkyl carbamates (subject to hydrolysis) is 1. The number of ether oxygens (including phenoxy) is 2. The zero-order valence-electron chi connectivity index (χ0n) is 36.6. The van der Waals surface area contributed by atoms with E-state index in [-0.39, 0.29) is 69.0 Å². The van der Waals surface area contributed by atoms with Gasteiger partial charge in [0.15, 0.2) is 0 Å². The van der Waals surface area contributed by atoms with Crippen LogP contribution in [0.5, 0.6) is 0 Å². The van der Waals surface area contributed by atoms with Crippen molar-refractivity contribution in [2.45, 2.75) is 89.8 Å². The number of primary amides is 1. The number of nitrogens with zero attached hydrogens (tertiary/aromatic N) is 1. The zero-order valence-corrected chi connectivity index (χ0v) is 36.6. The normalized spacial score (nSPS) is 15.7. The van der Waals surface area contributed by atoms with Gasteiger partial charge in [-0.25, -0.2) is 9.59 Å². The topological polar surface area (TPSA) is 282 Å². The highest BCUT2D eigenvalue weighted by molar-refractivity contribution is 6.38. The molecule has 19 nitrogen and oxygen atoms in total. The number of carbonyl (C=O) groups excluding carboxylic acids is 8. The van der Waals surface area contributed by atoms with Crippen molar-refractivity contribution in [3.63, 3.8) is 0 Å². The van der Waals surface area contributed by atoms with E-state index in [1.165, 1.54) is 29.2 Å². The van der Waals surface area contributed by atoms with Gasteiger partial charge < -0.3 is 51.8 Å². The Bertz CT molecular complexity index is 2150. The molecule has 0 bridgehead atoms. The molecule has 8 N–H and O–H groups in total. The Kier molecular flexibility index (Phi) is 19.6. The second-order valence-corrected chi connectivity index (χ2v) is 15.8. The standard InChI is InChI=1S/C46H57N7O12/c1-4-13-34(39(55)43(59)49-24-37(54)52-38(40(47)56)30-16-9-6-10-17-30)50-42(58)36-23-33(64-27-29-14-7-5-8-15-29)25-53(36)44(60)35(51-46(63)65-26-28(2)3)20-12-21-48-41(57)31-18-11-19-32(22-31)45(61)62/h5-11,14-19,22,28,33-36,38H,4,12-13,20-21,23-27H2,1-3H3,(H2,47,56)(H,48,57)(H,49,59)(H,50,58)(H,51,63)(H,52,54)(H,61,62). The summed E-state index contributed by atoms with van der Waals surface area (Å²) in [6.07, 6.45) is -1.07. The van der Waals surface area contributed by atoms with Crippen molar-refractivity contribution in [1.82, 2.24) is 31.5 Å². The lowest BCUT2D eigenvalue weighted by Crippen LogP contribution is -2.56. The first-order valence-corrected chi connectivity index (χ1v) is 21.3. The van der Waals surface area contributed by atoms with E-state index in [1.807, 2.05) is 44.2 Å². The summed E-state index contributed by atoms with van der Waals surface area (Å²) in [5.74, 6) is -7.11. The fourth-order valence-electron chi connectivity index (χ4n) is 6.89. The molecule has 5 unspecified atom stereocenters. The number of nitrogens with one attached hydrogen (secondary N) is 5. The molecule has 3 aromatic rings. The number of hydrogen-bond donors (Lipinski definition) is 7. The van der Waals surface area contributed by atoms with E-state index in [9.17, 15) is 48.3 Å². The fourth-order valence-corrected chi connectivity index (χ4v) is 6.89. The van der Waals surface area contributed by atoms with Crippen molar-refractivity contribution in [3.8, 4) is 0 Å². The molecule has 1 heterocycles. The van der Waals surface area contributed by atoms with Gasteiger partial charge in [-0.05, 0) is 54.5 Å². The third-order valence-corrected chi connectivity index (χ3v) is 10.2.